The zero-order valence-corrected chi connectivity index (χ0v) is 15.9. The maximum absolute atomic E-state index is 11.2. The van der Waals surface area contributed by atoms with Crippen molar-refractivity contribution in [3.8, 4) is 0 Å². The molecule has 0 fully saturated rings. The first-order valence-corrected chi connectivity index (χ1v) is 8.00. The summed E-state index contributed by atoms with van der Waals surface area (Å²) in [5, 5.41) is 19.8. The van der Waals surface area contributed by atoms with E-state index in [4.69, 9.17) is 9.85 Å². The molecule has 0 amide bonds. The van der Waals surface area contributed by atoms with Crippen molar-refractivity contribution in [2.24, 2.45) is 6.98 Å². The Kier molecular flexibility index (Phi) is 4.47. The van der Waals surface area contributed by atoms with Gasteiger partial charge >= 0.3 is 5.97 Å². The predicted octanol–water partition coefficient (Wildman–Crippen LogP) is 0.563. The number of rotatable bonds is 4. The lowest BCUT2D eigenvalue weighted by molar-refractivity contribution is -0.150. The zero-order valence-electron chi connectivity index (χ0n) is 18.9. The summed E-state index contributed by atoms with van der Waals surface area (Å²) in [6.07, 6.45) is 6.13. The van der Waals surface area contributed by atoms with Crippen LogP contribution in [0.5, 0.6) is 0 Å². The van der Waals surface area contributed by atoms with Gasteiger partial charge in [0, 0.05) is 17.2 Å². The molecule has 2 N–H and O–H groups in total. The highest BCUT2D eigenvalue weighted by molar-refractivity contribution is 5.77. The van der Waals surface area contributed by atoms with E-state index in [1.54, 1.807) is 26.2 Å². The molecule has 0 atom stereocenters. The van der Waals surface area contributed by atoms with Crippen molar-refractivity contribution in [3.63, 3.8) is 0 Å². The van der Waals surface area contributed by atoms with Crippen LogP contribution in [0.1, 0.15) is 37.5 Å². The van der Waals surface area contributed by atoms with Crippen molar-refractivity contribution in [2.75, 3.05) is 12.8 Å². The van der Waals surface area contributed by atoms with Gasteiger partial charge in [-0.05, 0) is 27.7 Å². The van der Waals surface area contributed by atoms with Crippen LogP contribution in [0.25, 0.3) is 0 Å². The molecule has 0 saturated carbocycles. The fourth-order valence-corrected chi connectivity index (χ4v) is 2.14. The van der Waals surface area contributed by atoms with Crippen LogP contribution in [0.15, 0.2) is 30.9 Å². The molecule has 0 aliphatic heterocycles. The van der Waals surface area contributed by atoms with Crippen LogP contribution in [0.3, 0.4) is 0 Å². The first-order valence-electron chi connectivity index (χ1n) is 9.50. The van der Waals surface area contributed by atoms with E-state index in [-0.39, 0.29) is 11.8 Å². The molecule has 3 aromatic rings. The third-order valence-corrected chi connectivity index (χ3v) is 3.89. The fraction of sp³-hybridized carbons (Fsp3) is 0.500. The Bertz CT molecular complexity index is 961. The zero-order chi connectivity index (χ0) is 22.7. The molecule has 0 unspecified atom stereocenters. The number of aromatic nitrogens is 8. The van der Waals surface area contributed by atoms with Crippen molar-refractivity contribution < 1.29 is 13.6 Å². The Morgan fingerprint density at radius 2 is 1.59 bits per heavy atom. The van der Waals surface area contributed by atoms with Crippen molar-refractivity contribution in [1.82, 2.24) is 39.8 Å². The van der Waals surface area contributed by atoms with Crippen LogP contribution in [0.2, 0.25) is 0 Å². The van der Waals surface area contributed by atoms with Gasteiger partial charge in [-0.25, -0.2) is 4.79 Å². The minimum absolute atomic E-state index is 0.0882. The lowest BCUT2D eigenvalue weighted by atomic mass is 10.0. The van der Waals surface area contributed by atoms with Crippen molar-refractivity contribution in [1.29, 1.82) is 0 Å². The third kappa shape index (κ3) is 4.13. The summed E-state index contributed by atoms with van der Waals surface area (Å²) < 4.78 is 27.4. The van der Waals surface area contributed by atoms with E-state index in [0.717, 1.165) is 4.68 Å². The molecule has 0 aliphatic rings. The summed E-state index contributed by atoms with van der Waals surface area (Å²) in [5.74, 6) is -0.274. The molecule has 0 saturated heterocycles. The van der Waals surface area contributed by atoms with Crippen LogP contribution in [0.4, 0.5) is 5.82 Å². The molecule has 3 aromatic heterocycles. The van der Waals surface area contributed by atoms with Crippen molar-refractivity contribution in [3.05, 3.63) is 36.5 Å². The summed E-state index contributed by atoms with van der Waals surface area (Å²) in [4.78, 5) is 14.0. The summed E-state index contributed by atoms with van der Waals surface area (Å²) in [5.41, 5.74) is 4.65. The fourth-order valence-electron chi connectivity index (χ4n) is 2.14. The van der Waals surface area contributed by atoms with E-state index >= 15 is 0 Å². The van der Waals surface area contributed by atoms with Gasteiger partial charge in [-0.3, -0.25) is 4.68 Å². The molecule has 11 heteroatoms. The third-order valence-electron chi connectivity index (χ3n) is 3.89. The van der Waals surface area contributed by atoms with E-state index in [0.29, 0.717) is 5.69 Å². The van der Waals surface area contributed by atoms with Gasteiger partial charge in [-0.2, -0.15) is 35.1 Å². The van der Waals surface area contributed by atoms with E-state index in [1.165, 1.54) is 35.2 Å². The highest BCUT2D eigenvalue weighted by Crippen LogP contribution is 2.23. The summed E-state index contributed by atoms with van der Waals surface area (Å²) >= 11 is 0. The number of anilines is 1. The molecular formula is C16H25N9O2. The van der Waals surface area contributed by atoms with Gasteiger partial charge in [0.1, 0.15) is 11.4 Å². The standard InChI is InChI=1S/C9H14N6.C7H11N3O2/c1-9(2,15-11-4-5-12-15)7-6-8(10)14(3)13-7;1-7(2,6(11)12-3)10-8-4-5-9-10/h4-6H,10H2,1-3H3;4-5H,1-3H3/i3D3;. The number of esters is 1. The van der Waals surface area contributed by atoms with Crippen molar-refractivity contribution in [2.45, 2.75) is 38.8 Å². The van der Waals surface area contributed by atoms with Gasteiger partial charge < -0.3 is 10.5 Å². The highest BCUT2D eigenvalue weighted by atomic mass is 16.5. The average Bonchev–Trinajstić information content (AvgIpc) is 3.40. The smallest absolute Gasteiger partial charge is 0.335 e. The van der Waals surface area contributed by atoms with E-state index in [9.17, 15) is 4.79 Å². The molecule has 0 radical (unpaired) electrons. The molecule has 11 nitrogen and oxygen atoms in total. The van der Waals surface area contributed by atoms with E-state index < -0.39 is 18.1 Å². The lowest BCUT2D eigenvalue weighted by Gasteiger charge is -2.20. The monoisotopic (exact) mass is 378 g/mol. The SMILES string of the molecule is COC(=O)C(C)(C)n1nccn1.[2H]C([2H])([2H])n1nc(C(C)(C)n2nccn2)cc1N. The Hall–Kier alpha value is -3.24. The van der Waals surface area contributed by atoms with Crippen LogP contribution in [-0.4, -0.2) is 52.8 Å². The minimum atomic E-state index is -2.39. The lowest BCUT2D eigenvalue weighted by Crippen LogP contribution is -2.38. The number of nitrogens with zero attached hydrogens (tertiary/aromatic N) is 8. The van der Waals surface area contributed by atoms with Crippen molar-refractivity contribution >= 4 is 11.8 Å². The highest BCUT2D eigenvalue weighted by Gasteiger charge is 2.32. The van der Waals surface area contributed by atoms with Crippen LogP contribution in [-0.2, 0) is 27.6 Å². The van der Waals surface area contributed by atoms with Crippen LogP contribution in [0, 0.1) is 0 Å². The van der Waals surface area contributed by atoms with E-state index in [2.05, 4.69) is 30.2 Å². The van der Waals surface area contributed by atoms with Gasteiger partial charge in [0.25, 0.3) is 0 Å². The van der Waals surface area contributed by atoms with Gasteiger partial charge in [-0.1, -0.05) is 0 Å². The second kappa shape index (κ2) is 7.56. The predicted molar refractivity (Wildman–Crippen MR) is 97.4 cm³/mol. The quantitative estimate of drug-likeness (QED) is 0.652. The first-order chi connectivity index (χ1) is 13.8. The van der Waals surface area contributed by atoms with Gasteiger partial charge in [0.2, 0.25) is 0 Å². The Balaban J connectivity index is 0.000000232. The van der Waals surface area contributed by atoms with Gasteiger partial charge in [0.15, 0.2) is 5.54 Å². The second-order valence-corrected chi connectivity index (χ2v) is 6.61. The number of methoxy groups -OCH3 is 1. The molecule has 146 valence electrons. The summed E-state index contributed by atoms with van der Waals surface area (Å²) in [6, 6.07) is 1.52. The topological polar surface area (TPSA) is 132 Å². The Labute approximate surface area is 161 Å². The van der Waals surface area contributed by atoms with Crippen LogP contribution < -0.4 is 5.73 Å². The number of nitrogens with two attached hydrogens (primary N) is 1. The number of carbonyl (C=O) groups excluding carboxylic acids is 1. The van der Waals surface area contributed by atoms with E-state index in [1.807, 2.05) is 13.8 Å². The number of hydrogen-bond acceptors (Lipinski definition) is 8. The maximum atomic E-state index is 11.2. The van der Waals surface area contributed by atoms with Crippen LogP contribution >= 0.6 is 0 Å². The molecule has 0 spiro atoms. The maximum Gasteiger partial charge on any atom is 0.335 e. The molecule has 3 heterocycles. The number of nitrogen functional groups attached to an aromatic ring is 1. The summed E-state index contributed by atoms with van der Waals surface area (Å²) in [7, 11) is 1.34. The summed E-state index contributed by atoms with van der Waals surface area (Å²) in [6.45, 7) is 4.66. The molecule has 0 aromatic carbocycles. The molecule has 3 rings (SSSR count). The largest absolute Gasteiger partial charge is 0.467 e. The minimum Gasteiger partial charge on any atom is -0.467 e. The Morgan fingerprint density at radius 1 is 1.07 bits per heavy atom. The molecule has 0 aliphatic carbocycles. The normalized spacial score (nSPS) is 13.7. The number of ether oxygens (including phenoxy) is 1. The number of hydrogen-bond donors (Lipinski definition) is 1. The molecule has 0 bridgehead atoms. The molecule has 27 heavy (non-hydrogen) atoms. The second-order valence-electron chi connectivity index (χ2n) is 6.61. The number of aryl methyl sites for hydroxylation is 1. The first kappa shape index (κ1) is 16.0. The number of carbonyl (C=O) groups is 1. The Morgan fingerprint density at radius 3 is 2.04 bits per heavy atom. The molecular weight excluding hydrogens is 350 g/mol. The van der Waals surface area contributed by atoms with Gasteiger partial charge in [-0.15, -0.1) is 0 Å². The average molecular weight is 378 g/mol. The van der Waals surface area contributed by atoms with Gasteiger partial charge in [0.05, 0.1) is 37.6 Å².